The van der Waals surface area contributed by atoms with Crippen LogP contribution < -0.4 is 10.6 Å². The molecule has 0 saturated heterocycles. The minimum Gasteiger partial charge on any atom is -0.322 e. The number of anilines is 2. The number of nitrogens with one attached hydrogen (secondary N) is 2. The first-order valence-electron chi connectivity index (χ1n) is 8.70. The molecule has 2 aromatic carbocycles. The van der Waals surface area contributed by atoms with E-state index < -0.39 is 11.8 Å². The summed E-state index contributed by atoms with van der Waals surface area (Å²) in [6.45, 7) is 1.91. The van der Waals surface area contributed by atoms with Crippen LogP contribution in [0, 0.1) is 6.92 Å². The number of amides is 2. The first-order chi connectivity index (χ1) is 13.9. The highest BCUT2D eigenvalue weighted by molar-refractivity contribution is 9.10. The fourth-order valence-corrected chi connectivity index (χ4v) is 3.06. The molecule has 1 heterocycles. The SMILES string of the molecule is Cc1ccc(Br)c(NC(=O)/C(=C/c2cccnc2Cl)C(=O)Nc2ccccc2)c1. The van der Waals surface area contributed by atoms with E-state index in [0.717, 1.165) is 5.56 Å². The van der Waals surface area contributed by atoms with Crippen LogP contribution in [0.4, 0.5) is 11.4 Å². The maximum atomic E-state index is 13.0. The molecule has 0 bridgehead atoms. The third-order valence-corrected chi connectivity index (χ3v) is 4.99. The summed E-state index contributed by atoms with van der Waals surface area (Å²) in [7, 11) is 0. The van der Waals surface area contributed by atoms with Gasteiger partial charge in [0.05, 0.1) is 5.69 Å². The number of carbonyl (C=O) groups excluding carboxylic acids is 2. The highest BCUT2D eigenvalue weighted by atomic mass is 79.9. The van der Waals surface area contributed by atoms with E-state index in [1.54, 1.807) is 36.4 Å². The summed E-state index contributed by atoms with van der Waals surface area (Å²) in [4.78, 5) is 29.9. The van der Waals surface area contributed by atoms with Crippen LogP contribution in [-0.4, -0.2) is 16.8 Å². The van der Waals surface area contributed by atoms with Gasteiger partial charge in [0.1, 0.15) is 10.7 Å². The van der Waals surface area contributed by atoms with Gasteiger partial charge in [-0.1, -0.05) is 41.9 Å². The molecular formula is C22H17BrClN3O2. The molecule has 3 aromatic rings. The summed E-state index contributed by atoms with van der Waals surface area (Å²) in [5.41, 5.74) is 2.47. The molecule has 0 fully saturated rings. The smallest absolute Gasteiger partial charge is 0.261 e. The van der Waals surface area contributed by atoms with Crippen molar-refractivity contribution in [2.45, 2.75) is 6.92 Å². The van der Waals surface area contributed by atoms with E-state index in [4.69, 9.17) is 11.6 Å². The third-order valence-electron chi connectivity index (χ3n) is 3.98. The summed E-state index contributed by atoms with van der Waals surface area (Å²) >= 11 is 9.53. The van der Waals surface area contributed by atoms with Gasteiger partial charge in [-0.05, 0) is 64.8 Å². The number of aromatic nitrogens is 1. The number of pyridine rings is 1. The molecule has 1 aromatic heterocycles. The lowest BCUT2D eigenvalue weighted by Gasteiger charge is -2.12. The zero-order valence-corrected chi connectivity index (χ0v) is 17.8. The minimum atomic E-state index is -0.565. The Balaban J connectivity index is 1.95. The van der Waals surface area contributed by atoms with Gasteiger partial charge < -0.3 is 10.6 Å². The molecular weight excluding hydrogens is 454 g/mol. The Morgan fingerprint density at radius 3 is 2.45 bits per heavy atom. The predicted octanol–water partition coefficient (Wildman–Crippen LogP) is 5.47. The topological polar surface area (TPSA) is 71.1 Å². The second-order valence-electron chi connectivity index (χ2n) is 6.20. The number of rotatable bonds is 5. The Hall–Kier alpha value is -2.96. The Kier molecular flexibility index (Phi) is 6.80. The maximum Gasteiger partial charge on any atom is 0.261 e. The fraction of sp³-hybridized carbons (Fsp3) is 0.0455. The standard InChI is InChI=1S/C22H17BrClN3O2/c1-14-9-10-18(23)19(12-14)27-22(29)17(13-15-6-5-11-25-20(15)24)21(28)26-16-7-3-2-4-8-16/h2-13H,1H3,(H,26,28)(H,27,29)/b17-13+. The van der Waals surface area contributed by atoms with E-state index in [2.05, 4.69) is 31.5 Å². The van der Waals surface area contributed by atoms with Gasteiger partial charge >= 0.3 is 0 Å². The van der Waals surface area contributed by atoms with Crippen LogP contribution in [0.3, 0.4) is 0 Å². The van der Waals surface area contributed by atoms with Crippen LogP contribution in [0.25, 0.3) is 6.08 Å². The molecule has 2 amide bonds. The summed E-state index contributed by atoms with van der Waals surface area (Å²) in [5, 5.41) is 5.71. The van der Waals surface area contributed by atoms with Gasteiger partial charge in [-0.2, -0.15) is 0 Å². The predicted molar refractivity (Wildman–Crippen MR) is 120 cm³/mol. The lowest BCUT2D eigenvalue weighted by atomic mass is 10.1. The number of halogens is 2. The highest BCUT2D eigenvalue weighted by Gasteiger charge is 2.20. The molecule has 0 aliphatic rings. The van der Waals surface area contributed by atoms with E-state index in [-0.39, 0.29) is 10.7 Å². The van der Waals surface area contributed by atoms with Crippen LogP contribution >= 0.6 is 27.5 Å². The zero-order chi connectivity index (χ0) is 20.8. The maximum absolute atomic E-state index is 13.0. The summed E-state index contributed by atoms with van der Waals surface area (Å²) in [5.74, 6) is -1.12. The van der Waals surface area contributed by atoms with E-state index in [9.17, 15) is 9.59 Å². The molecule has 0 aliphatic carbocycles. The van der Waals surface area contributed by atoms with Crippen LogP contribution in [0.1, 0.15) is 11.1 Å². The van der Waals surface area contributed by atoms with Gasteiger partial charge in [0.15, 0.2) is 0 Å². The average molecular weight is 471 g/mol. The zero-order valence-electron chi connectivity index (χ0n) is 15.4. The number of hydrogen-bond donors (Lipinski definition) is 2. The van der Waals surface area contributed by atoms with Crippen molar-refractivity contribution in [1.82, 2.24) is 4.98 Å². The van der Waals surface area contributed by atoms with Crippen molar-refractivity contribution in [1.29, 1.82) is 0 Å². The normalized spacial score (nSPS) is 11.1. The fourth-order valence-electron chi connectivity index (χ4n) is 2.54. The molecule has 5 nitrogen and oxygen atoms in total. The van der Waals surface area contributed by atoms with Crippen LogP contribution in [0.5, 0.6) is 0 Å². The molecule has 7 heteroatoms. The molecule has 0 radical (unpaired) electrons. The number of benzene rings is 2. The van der Waals surface area contributed by atoms with Crippen LogP contribution in [0.15, 0.2) is 76.9 Å². The molecule has 0 atom stereocenters. The van der Waals surface area contributed by atoms with Crippen LogP contribution in [0.2, 0.25) is 5.15 Å². The van der Waals surface area contributed by atoms with Gasteiger partial charge in [0, 0.05) is 21.9 Å². The number of aryl methyl sites for hydroxylation is 1. The monoisotopic (exact) mass is 469 g/mol. The molecule has 0 spiro atoms. The summed E-state index contributed by atoms with van der Waals surface area (Å²) in [6.07, 6.45) is 2.96. The Bertz CT molecular complexity index is 1080. The molecule has 0 saturated carbocycles. The second kappa shape index (κ2) is 9.49. The Morgan fingerprint density at radius 1 is 1.00 bits per heavy atom. The molecule has 0 aliphatic heterocycles. The first-order valence-corrected chi connectivity index (χ1v) is 9.87. The van der Waals surface area contributed by atoms with E-state index >= 15 is 0 Å². The van der Waals surface area contributed by atoms with Gasteiger partial charge in [-0.15, -0.1) is 0 Å². The molecule has 146 valence electrons. The molecule has 2 N–H and O–H groups in total. The number of para-hydroxylation sites is 1. The summed E-state index contributed by atoms with van der Waals surface area (Å²) < 4.78 is 0.707. The van der Waals surface area contributed by atoms with Crippen molar-refractivity contribution in [3.05, 3.63) is 93.2 Å². The van der Waals surface area contributed by atoms with Crippen molar-refractivity contribution in [2.24, 2.45) is 0 Å². The highest BCUT2D eigenvalue weighted by Crippen LogP contribution is 2.25. The number of carbonyl (C=O) groups is 2. The van der Waals surface area contributed by atoms with Crippen molar-refractivity contribution >= 4 is 56.8 Å². The van der Waals surface area contributed by atoms with Gasteiger partial charge in [0.25, 0.3) is 11.8 Å². The van der Waals surface area contributed by atoms with E-state index in [1.165, 1.54) is 12.3 Å². The number of hydrogen-bond acceptors (Lipinski definition) is 3. The first kappa shape index (κ1) is 20.8. The second-order valence-corrected chi connectivity index (χ2v) is 7.41. The minimum absolute atomic E-state index is 0.0999. The van der Waals surface area contributed by atoms with Gasteiger partial charge in [-0.25, -0.2) is 4.98 Å². The van der Waals surface area contributed by atoms with Crippen molar-refractivity contribution in [3.63, 3.8) is 0 Å². The lowest BCUT2D eigenvalue weighted by molar-refractivity contribution is -0.118. The number of nitrogens with zero attached hydrogens (tertiary/aromatic N) is 1. The average Bonchev–Trinajstić information content (AvgIpc) is 2.70. The van der Waals surface area contributed by atoms with E-state index in [1.807, 2.05) is 31.2 Å². The molecule has 0 unspecified atom stereocenters. The van der Waals surface area contributed by atoms with Crippen molar-refractivity contribution < 1.29 is 9.59 Å². The molecule has 3 rings (SSSR count). The van der Waals surface area contributed by atoms with Crippen LogP contribution in [-0.2, 0) is 9.59 Å². The summed E-state index contributed by atoms with van der Waals surface area (Å²) in [6, 6.07) is 17.8. The van der Waals surface area contributed by atoms with Gasteiger partial charge in [0.2, 0.25) is 0 Å². The molecule has 29 heavy (non-hydrogen) atoms. The Labute approximate surface area is 181 Å². The van der Waals surface area contributed by atoms with Crippen molar-refractivity contribution in [2.75, 3.05) is 10.6 Å². The van der Waals surface area contributed by atoms with Crippen molar-refractivity contribution in [3.8, 4) is 0 Å². The quantitative estimate of drug-likeness (QED) is 0.225. The largest absolute Gasteiger partial charge is 0.322 e. The van der Waals surface area contributed by atoms with E-state index in [0.29, 0.717) is 21.4 Å². The third kappa shape index (κ3) is 5.53. The lowest BCUT2D eigenvalue weighted by Crippen LogP contribution is -2.25. The Morgan fingerprint density at radius 2 is 1.72 bits per heavy atom. The van der Waals surface area contributed by atoms with Gasteiger partial charge in [-0.3, -0.25) is 9.59 Å².